The monoisotopic (exact) mass is 486 g/mol. The van der Waals surface area contributed by atoms with E-state index in [1.165, 1.54) is 5.56 Å². The van der Waals surface area contributed by atoms with Gasteiger partial charge in [0, 0.05) is 5.92 Å². The van der Waals surface area contributed by atoms with Crippen molar-refractivity contribution >= 4 is 17.0 Å². The van der Waals surface area contributed by atoms with Gasteiger partial charge < -0.3 is 5.32 Å². The molecule has 0 amide bonds. The number of allylic oxidation sites excluding steroid dienone is 2. The number of benzene rings is 5. The number of hydrogen-bond donors (Lipinski definition) is 1. The standard InChI is InChI=1S/C36H26N2/c37-25-32-33(28-15-7-2-8-16-28)34(29-17-9-3-10-18-29)36(30-19-11-4-12-20-30)38-35(32)31-23-21-27(22-24-31)26-13-5-1-6-14-26/h1-24,33,38H. The van der Waals surface area contributed by atoms with Crippen molar-refractivity contribution in [1.82, 2.24) is 5.32 Å². The van der Waals surface area contributed by atoms with Gasteiger partial charge in [-0.15, -0.1) is 0 Å². The Morgan fingerprint density at radius 3 is 1.42 bits per heavy atom. The Morgan fingerprint density at radius 1 is 0.447 bits per heavy atom. The number of hydrogen-bond acceptors (Lipinski definition) is 2. The summed E-state index contributed by atoms with van der Waals surface area (Å²) in [7, 11) is 0. The minimum atomic E-state index is -0.219. The minimum Gasteiger partial charge on any atom is -0.353 e. The molecule has 1 unspecified atom stereocenters. The summed E-state index contributed by atoms with van der Waals surface area (Å²) >= 11 is 0. The second-order valence-corrected chi connectivity index (χ2v) is 9.33. The van der Waals surface area contributed by atoms with Gasteiger partial charge in [0.1, 0.15) is 0 Å². The molecular formula is C36H26N2. The van der Waals surface area contributed by atoms with Crippen molar-refractivity contribution in [2.75, 3.05) is 0 Å². The molecule has 0 saturated heterocycles. The summed E-state index contributed by atoms with van der Waals surface area (Å²) in [6.07, 6.45) is 0. The average molecular weight is 487 g/mol. The number of nitriles is 1. The third-order valence-electron chi connectivity index (χ3n) is 7.05. The fourth-order valence-corrected chi connectivity index (χ4v) is 5.24. The van der Waals surface area contributed by atoms with Crippen LogP contribution in [-0.2, 0) is 0 Å². The quantitative estimate of drug-likeness (QED) is 0.270. The van der Waals surface area contributed by atoms with Gasteiger partial charge in [0.25, 0.3) is 0 Å². The van der Waals surface area contributed by atoms with Crippen LogP contribution in [0.15, 0.2) is 151 Å². The number of nitrogens with one attached hydrogen (secondary N) is 1. The molecule has 5 aromatic carbocycles. The summed E-state index contributed by atoms with van der Waals surface area (Å²) in [6, 6.07) is 52.6. The fraction of sp³-hybridized carbons (Fsp3) is 0.0278. The molecule has 180 valence electrons. The van der Waals surface area contributed by atoms with Gasteiger partial charge in [-0.05, 0) is 39.0 Å². The van der Waals surface area contributed by atoms with Crippen molar-refractivity contribution in [1.29, 1.82) is 5.26 Å². The smallest absolute Gasteiger partial charge is 0.0979 e. The van der Waals surface area contributed by atoms with Gasteiger partial charge in [0.15, 0.2) is 0 Å². The molecule has 1 heterocycles. The van der Waals surface area contributed by atoms with Crippen LogP contribution in [0.4, 0.5) is 0 Å². The number of dihydropyridines is 1. The second kappa shape index (κ2) is 10.5. The highest BCUT2D eigenvalue weighted by molar-refractivity contribution is 6.02. The Bertz CT molecular complexity index is 1640. The molecule has 0 aromatic heterocycles. The first-order valence-corrected chi connectivity index (χ1v) is 12.8. The Hall–Kier alpha value is -5.13. The van der Waals surface area contributed by atoms with Crippen LogP contribution in [0.2, 0.25) is 0 Å². The van der Waals surface area contributed by atoms with Crippen LogP contribution >= 0.6 is 0 Å². The van der Waals surface area contributed by atoms with E-state index in [4.69, 9.17) is 0 Å². The summed E-state index contributed by atoms with van der Waals surface area (Å²) in [4.78, 5) is 0. The Kier molecular flexibility index (Phi) is 6.41. The lowest BCUT2D eigenvalue weighted by Gasteiger charge is -2.33. The van der Waals surface area contributed by atoms with E-state index in [0.29, 0.717) is 5.57 Å². The first-order chi connectivity index (χ1) is 18.8. The Labute approximate surface area is 223 Å². The van der Waals surface area contributed by atoms with E-state index in [0.717, 1.165) is 44.8 Å². The molecule has 1 aliphatic rings. The predicted molar refractivity (Wildman–Crippen MR) is 156 cm³/mol. The summed E-state index contributed by atoms with van der Waals surface area (Å²) in [5.74, 6) is -0.219. The van der Waals surface area contributed by atoms with E-state index >= 15 is 0 Å². The lowest BCUT2D eigenvalue weighted by atomic mass is 9.76. The average Bonchev–Trinajstić information content (AvgIpc) is 3.02. The van der Waals surface area contributed by atoms with E-state index in [1.807, 2.05) is 36.4 Å². The highest BCUT2D eigenvalue weighted by Gasteiger charge is 2.33. The van der Waals surface area contributed by atoms with Gasteiger partial charge in [-0.1, -0.05) is 146 Å². The van der Waals surface area contributed by atoms with Crippen LogP contribution < -0.4 is 5.32 Å². The van der Waals surface area contributed by atoms with Crippen LogP contribution in [0.5, 0.6) is 0 Å². The van der Waals surface area contributed by atoms with Gasteiger partial charge in [0.05, 0.1) is 23.0 Å². The molecule has 0 spiro atoms. The van der Waals surface area contributed by atoms with Crippen molar-refractivity contribution in [2.24, 2.45) is 0 Å². The number of nitrogens with zero attached hydrogens (tertiary/aromatic N) is 1. The van der Waals surface area contributed by atoms with Crippen molar-refractivity contribution < 1.29 is 0 Å². The first-order valence-electron chi connectivity index (χ1n) is 12.8. The van der Waals surface area contributed by atoms with Crippen molar-refractivity contribution in [2.45, 2.75) is 5.92 Å². The van der Waals surface area contributed by atoms with Gasteiger partial charge in [-0.3, -0.25) is 0 Å². The molecule has 0 fully saturated rings. The van der Waals surface area contributed by atoms with Gasteiger partial charge >= 0.3 is 0 Å². The third-order valence-corrected chi connectivity index (χ3v) is 7.05. The van der Waals surface area contributed by atoms with Crippen LogP contribution in [0.25, 0.3) is 28.1 Å². The zero-order valence-electron chi connectivity index (χ0n) is 20.9. The molecule has 0 bridgehead atoms. The molecule has 2 nitrogen and oxygen atoms in total. The maximum Gasteiger partial charge on any atom is 0.0979 e. The molecule has 1 N–H and O–H groups in total. The molecule has 1 aliphatic heterocycles. The molecule has 1 atom stereocenters. The highest BCUT2D eigenvalue weighted by atomic mass is 14.9. The van der Waals surface area contributed by atoms with E-state index in [1.54, 1.807) is 0 Å². The summed E-state index contributed by atoms with van der Waals surface area (Å²) in [6.45, 7) is 0. The van der Waals surface area contributed by atoms with Crippen LogP contribution in [0.3, 0.4) is 0 Å². The Balaban J connectivity index is 1.57. The normalized spacial score (nSPS) is 15.1. The molecular weight excluding hydrogens is 460 g/mol. The molecule has 0 aliphatic carbocycles. The van der Waals surface area contributed by atoms with Crippen LogP contribution in [-0.4, -0.2) is 0 Å². The van der Waals surface area contributed by atoms with E-state index < -0.39 is 0 Å². The largest absolute Gasteiger partial charge is 0.353 e. The first kappa shape index (κ1) is 23.3. The van der Waals surface area contributed by atoms with Gasteiger partial charge in [-0.2, -0.15) is 5.26 Å². The lowest BCUT2D eigenvalue weighted by Crippen LogP contribution is -2.24. The van der Waals surface area contributed by atoms with Crippen molar-refractivity contribution in [3.05, 3.63) is 173 Å². The summed E-state index contributed by atoms with van der Waals surface area (Å²) < 4.78 is 0. The lowest BCUT2D eigenvalue weighted by molar-refractivity contribution is 0.997. The van der Waals surface area contributed by atoms with Gasteiger partial charge in [-0.25, -0.2) is 0 Å². The molecule has 2 heteroatoms. The van der Waals surface area contributed by atoms with E-state index in [9.17, 15) is 5.26 Å². The molecule has 38 heavy (non-hydrogen) atoms. The van der Waals surface area contributed by atoms with E-state index in [2.05, 4.69) is 121 Å². The summed E-state index contributed by atoms with van der Waals surface area (Å²) in [5.41, 5.74) is 10.3. The molecule has 0 radical (unpaired) electrons. The maximum absolute atomic E-state index is 10.6. The minimum absolute atomic E-state index is 0.219. The summed E-state index contributed by atoms with van der Waals surface area (Å²) in [5, 5.41) is 14.4. The topological polar surface area (TPSA) is 35.8 Å². The van der Waals surface area contributed by atoms with E-state index in [-0.39, 0.29) is 5.92 Å². The Morgan fingerprint density at radius 2 is 0.868 bits per heavy atom. The van der Waals surface area contributed by atoms with Crippen molar-refractivity contribution in [3.8, 4) is 17.2 Å². The SMILES string of the molecule is N#CC1=C(c2ccc(-c3ccccc3)cc2)NC(c2ccccc2)=C(c2ccccc2)C1c1ccccc1. The van der Waals surface area contributed by atoms with Crippen LogP contribution in [0, 0.1) is 11.3 Å². The zero-order valence-corrected chi connectivity index (χ0v) is 20.9. The third kappa shape index (κ3) is 4.43. The zero-order chi connectivity index (χ0) is 25.7. The second-order valence-electron chi connectivity index (χ2n) is 9.33. The van der Waals surface area contributed by atoms with Gasteiger partial charge in [0.2, 0.25) is 0 Å². The maximum atomic E-state index is 10.6. The highest BCUT2D eigenvalue weighted by Crippen LogP contribution is 2.47. The molecule has 5 aromatic rings. The molecule has 6 rings (SSSR count). The fourth-order valence-electron chi connectivity index (χ4n) is 5.24. The van der Waals surface area contributed by atoms with Crippen LogP contribution in [0.1, 0.15) is 28.2 Å². The molecule has 0 saturated carbocycles. The number of rotatable bonds is 5. The van der Waals surface area contributed by atoms with Crippen molar-refractivity contribution in [3.63, 3.8) is 0 Å². The predicted octanol–water partition coefficient (Wildman–Crippen LogP) is 8.54.